The first-order valence-electron chi connectivity index (χ1n) is 8.18. The average Bonchev–Trinajstić information content (AvgIpc) is 3.14. The van der Waals surface area contributed by atoms with Crippen LogP contribution in [0.1, 0.15) is 11.5 Å². The predicted octanol–water partition coefficient (Wildman–Crippen LogP) is 3.41. The van der Waals surface area contributed by atoms with Gasteiger partial charge in [-0.25, -0.2) is 0 Å². The number of amides is 1. The van der Waals surface area contributed by atoms with Gasteiger partial charge in [0.2, 0.25) is 5.89 Å². The Bertz CT molecular complexity index is 879. The molecule has 0 saturated heterocycles. The van der Waals surface area contributed by atoms with E-state index in [0.29, 0.717) is 23.8 Å². The van der Waals surface area contributed by atoms with Crippen LogP contribution in [0.25, 0.3) is 0 Å². The molecule has 3 rings (SSSR count). The second kappa shape index (κ2) is 9.09. The number of rotatable bonds is 8. The molecule has 0 fully saturated rings. The van der Waals surface area contributed by atoms with Gasteiger partial charge in [0.25, 0.3) is 5.91 Å². The molecular formula is C19H19N3O4S. The highest BCUT2D eigenvalue weighted by molar-refractivity contribution is 7.98. The van der Waals surface area contributed by atoms with Gasteiger partial charge in [-0.05, 0) is 48.2 Å². The summed E-state index contributed by atoms with van der Waals surface area (Å²) >= 11 is 1.68. The number of nitrogens with one attached hydrogen (secondary N) is 1. The van der Waals surface area contributed by atoms with Crippen LogP contribution < -0.4 is 14.8 Å². The van der Waals surface area contributed by atoms with Crippen molar-refractivity contribution in [2.24, 2.45) is 0 Å². The number of ether oxygens (including phenoxy) is 2. The molecule has 1 amide bonds. The lowest BCUT2D eigenvalue weighted by molar-refractivity contribution is -0.118. The largest absolute Gasteiger partial charge is 0.497 e. The van der Waals surface area contributed by atoms with Crippen molar-refractivity contribution in [3.63, 3.8) is 0 Å². The third-order valence-electron chi connectivity index (χ3n) is 3.66. The maximum atomic E-state index is 12.0. The topological polar surface area (TPSA) is 86.5 Å². The molecule has 0 saturated carbocycles. The molecule has 27 heavy (non-hydrogen) atoms. The van der Waals surface area contributed by atoms with E-state index in [-0.39, 0.29) is 18.5 Å². The van der Waals surface area contributed by atoms with Gasteiger partial charge >= 0.3 is 6.01 Å². The minimum atomic E-state index is -0.384. The van der Waals surface area contributed by atoms with Crippen molar-refractivity contribution in [3.05, 3.63) is 60.0 Å². The highest BCUT2D eigenvalue weighted by Gasteiger charge is 2.11. The molecule has 7 nitrogen and oxygen atoms in total. The first-order valence-corrected chi connectivity index (χ1v) is 9.41. The van der Waals surface area contributed by atoms with Gasteiger partial charge < -0.3 is 13.9 Å². The third-order valence-corrected chi connectivity index (χ3v) is 4.40. The Morgan fingerprint density at radius 3 is 2.44 bits per heavy atom. The number of hydrogen-bond donors (Lipinski definition) is 1. The lowest BCUT2D eigenvalue weighted by Gasteiger charge is -2.06. The van der Waals surface area contributed by atoms with Gasteiger partial charge in [0, 0.05) is 4.90 Å². The van der Waals surface area contributed by atoms with Crippen molar-refractivity contribution in [2.45, 2.75) is 11.3 Å². The predicted molar refractivity (Wildman–Crippen MR) is 102 cm³/mol. The minimum absolute atomic E-state index is 0.0501. The summed E-state index contributed by atoms with van der Waals surface area (Å²) in [5.41, 5.74) is 1.05. The van der Waals surface area contributed by atoms with E-state index in [0.717, 1.165) is 5.56 Å². The van der Waals surface area contributed by atoms with Gasteiger partial charge in [-0.1, -0.05) is 17.2 Å². The van der Waals surface area contributed by atoms with Crippen LogP contribution in [0.5, 0.6) is 11.5 Å². The van der Waals surface area contributed by atoms with Crippen LogP contribution in [0.15, 0.2) is 57.8 Å². The molecule has 0 aliphatic rings. The molecule has 1 heterocycles. The Balaban J connectivity index is 1.49. The van der Waals surface area contributed by atoms with Crippen molar-refractivity contribution in [2.75, 3.05) is 25.3 Å². The first kappa shape index (κ1) is 18.8. The van der Waals surface area contributed by atoms with Gasteiger partial charge in [-0.2, -0.15) is 0 Å². The summed E-state index contributed by atoms with van der Waals surface area (Å²) in [6.07, 6.45) is 2.53. The maximum absolute atomic E-state index is 12.0. The van der Waals surface area contributed by atoms with Crippen molar-refractivity contribution in [1.29, 1.82) is 0 Å². The number of anilines is 1. The molecular weight excluding hydrogens is 366 g/mol. The lowest BCUT2D eigenvalue weighted by atomic mass is 10.1. The summed E-state index contributed by atoms with van der Waals surface area (Å²) in [6.45, 7) is -0.166. The minimum Gasteiger partial charge on any atom is -0.497 e. The zero-order chi connectivity index (χ0) is 19.1. The van der Waals surface area contributed by atoms with E-state index in [2.05, 4.69) is 15.5 Å². The molecule has 0 spiro atoms. The van der Waals surface area contributed by atoms with Crippen molar-refractivity contribution in [3.8, 4) is 11.5 Å². The van der Waals surface area contributed by atoms with Gasteiger partial charge in [0.05, 0.1) is 13.5 Å². The maximum Gasteiger partial charge on any atom is 0.322 e. The van der Waals surface area contributed by atoms with Crippen LogP contribution in [0.3, 0.4) is 0 Å². The van der Waals surface area contributed by atoms with Crippen LogP contribution in [0, 0.1) is 0 Å². The summed E-state index contributed by atoms with van der Waals surface area (Å²) in [7, 11) is 1.58. The standard InChI is InChI=1S/C19H19N3O4S/c1-24-14-5-7-15(8-6-14)25-12-17(23)20-19-22-21-18(26-19)11-13-3-9-16(27-2)10-4-13/h3-10H,11-12H2,1-2H3,(H,20,22,23). The molecule has 8 heteroatoms. The number of carbonyl (C=O) groups is 1. The van der Waals surface area contributed by atoms with E-state index < -0.39 is 0 Å². The number of thioether (sulfide) groups is 1. The number of carbonyl (C=O) groups excluding carboxylic acids is 1. The average molecular weight is 385 g/mol. The molecule has 0 unspecified atom stereocenters. The Morgan fingerprint density at radius 1 is 1.07 bits per heavy atom. The van der Waals surface area contributed by atoms with Gasteiger partial charge in [-0.3, -0.25) is 10.1 Å². The molecule has 1 aromatic heterocycles. The Hall–Kier alpha value is -3.00. The molecule has 0 aliphatic carbocycles. The summed E-state index contributed by atoms with van der Waals surface area (Å²) in [5.74, 6) is 1.32. The molecule has 2 aromatic carbocycles. The van der Waals surface area contributed by atoms with Crippen LogP contribution in [-0.4, -0.2) is 36.1 Å². The molecule has 1 N–H and O–H groups in total. The summed E-state index contributed by atoms with van der Waals surface area (Å²) in [5, 5.41) is 10.3. The Morgan fingerprint density at radius 2 is 1.78 bits per heavy atom. The number of hydrogen-bond acceptors (Lipinski definition) is 7. The molecule has 3 aromatic rings. The van der Waals surface area contributed by atoms with Gasteiger partial charge in [0.15, 0.2) is 6.61 Å². The van der Waals surface area contributed by atoms with Gasteiger partial charge in [0.1, 0.15) is 11.5 Å². The van der Waals surface area contributed by atoms with Gasteiger partial charge in [-0.15, -0.1) is 16.9 Å². The number of methoxy groups -OCH3 is 1. The second-order valence-corrected chi connectivity index (χ2v) is 6.42. The van der Waals surface area contributed by atoms with E-state index in [4.69, 9.17) is 13.9 Å². The van der Waals surface area contributed by atoms with E-state index >= 15 is 0 Å². The molecule has 140 valence electrons. The number of aromatic nitrogens is 2. The molecule has 0 bridgehead atoms. The Kier molecular flexibility index (Phi) is 6.32. The SMILES string of the molecule is COc1ccc(OCC(=O)Nc2nnc(Cc3ccc(SC)cc3)o2)cc1. The number of benzene rings is 2. The summed E-state index contributed by atoms with van der Waals surface area (Å²) in [4.78, 5) is 13.1. The third kappa shape index (κ3) is 5.49. The normalized spacial score (nSPS) is 10.4. The Labute approximate surface area is 161 Å². The van der Waals surface area contributed by atoms with E-state index in [1.165, 1.54) is 4.90 Å². The molecule has 0 radical (unpaired) electrons. The fraction of sp³-hybridized carbons (Fsp3) is 0.211. The van der Waals surface area contributed by atoms with Crippen LogP contribution in [-0.2, 0) is 11.2 Å². The van der Waals surface area contributed by atoms with Crippen molar-refractivity contribution < 1.29 is 18.7 Å². The van der Waals surface area contributed by atoms with Crippen molar-refractivity contribution in [1.82, 2.24) is 10.2 Å². The zero-order valence-corrected chi connectivity index (χ0v) is 15.8. The van der Waals surface area contributed by atoms with E-state index in [9.17, 15) is 4.79 Å². The quantitative estimate of drug-likeness (QED) is 0.595. The fourth-order valence-electron chi connectivity index (χ4n) is 2.27. The summed E-state index contributed by atoms with van der Waals surface area (Å²) < 4.78 is 15.9. The van der Waals surface area contributed by atoms with Crippen molar-refractivity contribution >= 4 is 23.7 Å². The van der Waals surface area contributed by atoms with E-state index in [1.54, 1.807) is 43.1 Å². The second-order valence-electron chi connectivity index (χ2n) is 5.54. The van der Waals surface area contributed by atoms with Crippen LogP contribution in [0.2, 0.25) is 0 Å². The smallest absolute Gasteiger partial charge is 0.322 e. The zero-order valence-electron chi connectivity index (χ0n) is 15.0. The lowest BCUT2D eigenvalue weighted by Crippen LogP contribution is -2.20. The highest BCUT2D eigenvalue weighted by atomic mass is 32.2. The molecule has 0 aliphatic heterocycles. The summed E-state index contributed by atoms with van der Waals surface area (Å²) in [6, 6.07) is 15.1. The highest BCUT2D eigenvalue weighted by Crippen LogP contribution is 2.18. The van der Waals surface area contributed by atoms with Crippen LogP contribution in [0.4, 0.5) is 6.01 Å². The molecule has 0 atom stereocenters. The van der Waals surface area contributed by atoms with E-state index in [1.807, 2.05) is 30.5 Å². The fourth-order valence-corrected chi connectivity index (χ4v) is 2.68. The first-order chi connectivity index (χ1) is 13.2. The monoisotopic (exact) mass is 385 g/mol. The van der Waals surface area contributed by atoms with Crippen LogP contribution >= 0.6 is 11.8 Å². The number of nitrogens with zero attached hydrogens (tertiary/aromatic N) is 2.